The molecule has 13 heavy (non-hydrogen) atoms. The van der Waals surface area contributed by atoms with Crippen LogP contribution in [0.25, 0.3) is 0 Å². The summed E-state index contributed by atoms with van der Waals surface area (Å²) in [5.74, 6) is 0. The Morgan fingerprint density at radius 1 is 1.23 bits per heavy atom. The monoisotopic (exact) mass is 242 g/mol. The predicted molar refractivity (Wildman–Crippen MR) is 49.5 cm³/mol. The number of rotatable bonds is 1. The molecule has 0 radical (unpaired) electrons. The third-order valence-corrected chi connectivity index (χ3v) is 3.46. The molecule has 0 aliphatic rings. The van der Waals surface area contributed by atoms with Crippen LogP contribution in [0.3, 0.4) is 0 Å². The lowest BCUT2D eigenvalue weighted by molar-refractivity contribution is 0.552. The molecule has 1 aromatic rings. The smallest absolute Gasteiger partial charge is 0.189 e. The highest BCUT2D eigenvalue weighted by molar-refractivity contribution is 7.86. The number of hydrogen-bond donors (Lipinski definition) is 0. The molecule has 0 saturated carbocycles. The van der Waals surface area contributed by atoms with Gasteiger partial charge in [0.2, 0.25) is 0 Å². The lowest BCUT2D eigenvalue weighted by Crippen LogP contribution is -1.94. The average molecular weight is 243 g/mol. The second-order valence-electron chi connectivity index (χ2n) is 2.45. The second-order valence-corrected chi connectivity index (χ2v) is 4.52. The molecule has 0 fully saturated rings. The highest BCUT2D eigenvalue weighted by Gasteiger charge is 2.19. The van der Waals surface area contributed by atoms with E-state index in [1.807, 2.05) is 0 Å². The first-order valence-electron chi connectivity index (χ1n) is 3.23. The summed E-state index contributed by atoms with van der Waals surface area (Å²) in [5, 5.41) is -0.218. The summed E-state index contributed by atoms with van der Waals surface area (Å²) in [6, 6.07) is 2.47. The van der Waals surface area contributed by atoms with Crippen LogP contribution in [0.4, 0.5) is 3.89 Å². The first kappa shape index (κ1) is 10.8. The lowest BCUT2D eigenvalue weighted by atomic mass is 10.2. The van der Waals surface area contributed by atoms with Crippen molar-refractivity contribution >= 4 is 33.4 Å². The number of aryl methyl sites for hydroxylation is 1. The Labute approximate surface area is 85.5 Å². The summed E-state index contributed by atoms with van der Waals surface area (Å²) >= 11 is 11.2. The number of hydrogen-bond acceptors (Lipinski definition) is 2. The molecule has 6 heteroatoms. The minimum absolute atomic E-state index is 0.0559. The van der Waals surface area contributed by atoms with Crippen LogP contribution < -0.4 is 0 Å². The molecule has 0 unspecified atom stereocenters. The Balaban J connectivity index is 3.53. The van der Waals surface area contributed by atoms with Crippen LogP contribution in [0.2, 0.25) is 10.0 Å². The van der Waals surface area contributed by atoms with Crippen LogP contribution in [0, 0.1) is 6.92 Å². The van der Waals surface area contributed by atoms with Crippen LogP contribution >= 0.6 is 23.2 Å². The van der Waals surface area contributed by atoms with E-state index in [0.717, 1.165) is 6.07 Å². The van der Waals surface area contributed by atoms with E-state index in [1.165, 1.54) is 6.07 Å². The molecule has 0 spiro atoms. The van der Waals surface area contributed by atoms with E-state index in [0.29, 0.717) is 5.56 Å². The van der Waals surface area contributed by atoms with Gasteiger partial charge in [0.25, 0.3) is 0 Å². The Kier molecular flexibility index (Phi) is 2.85. The van der Waals surface area contributed by atoms with Crippen molar-refractivity contribution in [2.45, 2.75) is 11.8 Å². The molecule has 0 atom stereocenters. The zero-order valence-electron chi connectivity index (χ0n) is 6.51. The van der Waals surface area contributed by atoms with Gasteiger partial charge in [-0.1, -0.05) is 29.3 Å². The Morgan fingerprint density at radius 2 is 1.77 bits per heavy atom. The van der Waals surface area contributed by atoms with Gasteiger partial charge in [-0.3, -0.25) is 0 Å². The zero-order chi connectivity index (χ0) is 10.2. The van der Waals surface area contributed by atoms with E-state index in [4.69, 9.17) is 23.2 Å². The SMILES string of the molecule is Cc1ccc(S(=O)(=O)F)c(Cl)c1Cl. The summed E-state index contributed by atoms with van der Waals surface area (Å²) in [6.07, 6.45) is 0. The Hall–Kier alpha value is -0.320. The fourth-order valence-electron chi connectivity index (χ4n) is 0.817. The van der Waals surface area contributed by atoms with Crippen LogP contribution in [0.5, 0.6) is 0 Å². The van der Waals surface area contributed by atoms with E-state index in [9.17, 15) is 12.3 Å². The molecule has 0 heterocycles. The van der Waals surface area contributed by atoms with Gasteiger partial charge in [0, 0.05) is 0 Å². The molecule has 0 N–H and O–H groups in total. The Morgan fingerprint density at radius 3 is 2.23 bits per heavy atom. The molecule has 0 aliphatic heterocycles. The highest BCUT2D eigenvalue weighted by atomic mass is 35.5. The van der Waals surface area contributed by atoms with E-state index in [1.54, 1.807) is 6.92 Å². The van der Waals surface area contributed by atoms with Crippen molar-refractivity contribution in [2.75, 3.05) is 0 Å². The summed E-state index contributed by atoms with van der Waals surface area (Å²) in [6.45, 7) is 1.64. The van der Waals surface area contributed by atoms with E-state index in [-0.39, 0.29) is 10.0 Å². The van der Waals surface area contributed by atoms with Gasteiger partial charge in [-0.05, 0) is 18.6 Å². The van der Waals surface area contributed by atoms with Crippen molar-refractivity contribution in [1.29, 1.82) is 0 Å². The predicted octanol–water partition coefficient (Wildman–Crippen LogP) is 2.96. The Bertz CT molecular complexity index is 442. The molecule has 1 aromatic carbocycles. The van der Waals surface area contributed by atoms with Crippen LogP contribution in [0.15, 0.2) is 17.0 Å². The second kappa shape index (κ2) is 3.44. The maximum atomic E-state index is 12.5. The van der Waals surface area contributed by atoms with Gasteiger partial charge in [-0.15, -0.1) is 3.89 Å². The lowest BCUT2D eigenvalue weighted by Gasteiger charge is -2.03. The van der Waals surface area contributed by atoms with Gasteiger partial charge in [0.05, 0.1) is 10.0 Å². The summed E-state index contributed by atoms with van der Waals surface area (Å²) < 4.78 is 33.5. The van der Waals surface area contributed by atoms with Gasteiger partial charge >= 0.3 is 10.2 Å². The summed E-state index contributed by atoms with van der Waals surface area (Å²) in [5.41, 5.74) is 0.596. The van der Waals surface area contributed by atoms with Crippen molar-refractivity contribution in [2.24, 2.45) is 0 Å². The minimum atomic E-state index is -4.79. The average Bonchev–Trinajstić information content (AvgIpc) is 1.98. The van der Waals surface area contributed by atoms with E-state index >= 15 is 0 Å². The fraction of sp³-hybridized carbons (Fsp3) is 0.143. The maximum Gasteiger partial charge on any atom is 0.333 e. The van der Waals surface area contributed by atoms with Crippen molar-refractivity contribution in [3.05, 3.63) is 27.7 Å². The number of benzene rings is 1. The first-order chi connectivity index (χ1) is 5.84. The van der Waals surface area contributed by atoms with Gasteiger partial charge in [0.15, 0.2) is 0 Å². The third kappa shape index (κ3) is 2.13. The van der Waals surface area contributed by atoms with Crippen molar-refractivity contribution in [1.82, 2.24) is 0 Å². The fourth-order valence-corrected chi connectivity index (χ4v) is 2.07. The molecule has 0 amide bonds. The van der Waals surface area contributed by atoms with Crippen LogP contribution in [-0.2, 0) is 10.2 Å². The molecule has 1 rings (SSSR count). The largest absolute Gasteiger partial charge is 0.333 e. The normalized spacial score (nSPS) is 11.7. The topological polar surface area (TPSA) is 34.1 Å². The van der Waals surface area contributed by atoms with Crippen LogP contribution in [0.1, 0.15) is 5.56 Å². The van der Waals surface area contributed by atoms with Gasteiger partial charge < -0.3 is 0 Å². The molecular weight excluding hydrogens is 238 g/mol. The zero-order valence-corrected chi connectivity index (χ0v) is 8.84. The van der Waals surface area contributed by atoms with Crippen molar-refractivity contribution < 1.29 is 12.3 Å². The molecule has 0 aliphatic carbocycles. The third-order valence-electron chi connectivity index (χ3n) is 1.50. The van der Waals surface area contributed by atoms with Crippen molar-refractivity contribution in [3.8, 4) is 0 Å². The molecule has 2 nitrogen and oxygen atoms in total. The van der Waals surface area contributed by atoms with Gasteiger partial charge in [-0.2, -0.15) is 8.42 Å². The standard InChI is InChI=1S/C7H5Cl2FO2S/c1-4-2-3-5(13(10,11)12)7(9)6(4)8/h2-3H,1H3. The number of halogens is 3. The van der Waals surface area contributed by atoms with Gasteiger partial charge in [-0.25, -0.2) is 0 Å². The summed E-state index contributed by atoms with van der Waals surface area (Å²) in [7, 11) is -4.79. The molecular formula is C7H5Cl2FO2S. The molecule has 0 aromatic heterocycles. The minimum Gasteiger partial charge on any atom is -0.189 e. The molecule has 72 valence electrons. The molecule has 0 bridgehead atoms. The van der Waals surface area contributed by atoms with E-state index < -0.39 is 15.1 Å². The van der Waals surface area contributed by atoms with Crippen LogP contribution in [-0.4, -0.2) is 8.42 Å². The quantitative estimate of drug-likeness (QED) is 0.710. The van der Waals surface area contributed by atoms with E-state index in [2.05, 4.69) is 0 Å². The first-order valence-corrected chi connectivity index (χ1v) is 5.37. The van der Waals surface area contributed by atoms with Gasteiger partial charge in [0.1, 0.15) is 4.90 Å². The summed E-state index contributed by atoms with van der Waals surface area (Å²) in [4.78, 5) is -0.593. The maximum absolute atomic E-state index is 12.5. The molecule has 0 saturated heterocycles. The highest BCUT2D eigenvalue weighted by Crippen LogP contribution is 2.32. The van der Waals surface area contributed by atoms with Crippen molar-refractivity contribution in [3.63, 3.8) is 0 Å².